The third-order valence-corrected chi connectivity index (χ3v) is 6.74. The first-order chi connectivity index (χ1) is 16.5. The summed E-state index contributed by atoms with van der Waals surface area (Å²) < 4.78 is 5.61. The highest BCUT2D eigenvalue weighted by Crippen LogP contribution is 2.44. The number of amides is 2. The number of aliphatic hydroxyl groups is 1. The first kappa shape index (κ1) is 23.8. The molecule has 2 aliphatic carbocycles. The molecule has 4 N–H and O–H groups in total. The summed E-state index contributed by atoms with van der Waals surface area (Å²) in [5, 5.41) is 23.6. The number of fused-ring (bicyclic) bond motifs is 3. The van der Waals surface area contributed by atoms with Crippen LogP contribution >= 0.6 is 0 Å². The number of carbonyl (C=O) groups is 3. The molecule has 1 fully saturated rings. The van der Waals surface area contributed by atoms with E-state index in [0.29, 0.717) is 12.8 Å². The zero-order valence-electron chi connectivity index (χ0n) is 18.9. The third kappa shape index (κ3) is 5.22. The van der Waals surface area contributed by atoms with Crippen molar-refractivity contribution in [2.45, 2.75) is 50.1 Å². The van der Waals surface area contributed by atoms with E-state index in [1.807, 2.05) is 24.3 Å². The Balaban J connectivity index is 1.31. The van der Waals surface area contributed by atoms with E-state index in [-0.39, 0.29) is 37.5 Å². The Bertz CT molecular complexity index is 1010. The molecule has 1 saturated carbocycles. The van der Waals surface area contributed by atoms with Crippen LogP contribution in [0, 0.1) is 5.92 Å². The van der Waals surface area contributed by atoms with Gasteiger partial charge in [-0.05, 0) is 41.5 Å². The number of aliphatic carboxylic acids is 1. The maximum atomic E-state index is 12.6. The highest BCUT2D eigenvalue weighted by Gasteiger charge is 2.32. The van der Waals surface area contributed by atoms with Crippen molar-refractivity contribution in [1.29, 1.82) is 0 Å². The van der Waals surface area contributed by atoms with E-state index in [1.165, 1.54) is 0 Å². The Labute approximate surface area is 198 Å². The van der Waals surface area contributed by atoms with Gasteiger partial charge in [-0.25, -0.2) is 9.59 Å². The van der Waals surface area contributed by atoms with E-state index in [9.17, 15) is 19.5 Å². The Hall–Kier alpha value is -3.39. The molecule has 0 saturated heterocycles. The molecule has 4 rings (SSSR count). The van der Waals surface area contributed by atoms with Gasteiger partial charge in [0.1, 0.15) is 12.6 Å². The Morgan fingerprint density at radius 3 is 2.26 bits per heavy atom. The van der Waals surface area contributed by atoms with Crippen LogP contribution in [0.4, 0.5) is 4.79 Å². The van der Waals surface area contributed by atoms with Gasteiger partial charge in [-0.1, -0.05) is 55.0 Å². The zero-order chi connectivity index (χ0) is 24.1. The van der Waals surface area contributed by atoms with Crippen LogP contribution in [0.15, 0.2) is 48.5 Å². The van der Waals surface area contributed by atoms with Crippen LogP contribution in [0.2, 0.25) is 0 Å². The van der Waals surface area contributed by atoms with Crippen molar-refractivity contribution in [3.8, 4) is 11.1 Å². The fraction of sp³-hybridized carbons (Fsp3) is 0.423. The Morgan fingerprint density at radius 2 is 1.65 bits per heavy atom. The van der Waals surface area contributed by atoms with Crippen molar-refractivity contribution in [2.75, 3.05) is 13.2 Å². The number of nitrogens with one attached hydrogen (secondary N) is 2. The summed E-state index contributed by atoms with van der Waals surface area (Å²) in [7, 11) is 0. The number of alkyl carbamates (subject to hydrolysis) is 1. The number of hydrogen-bond donors (Lipinski definition) is 4. The number of rotatable bonds is 8. The molecule has 0 spiro atoms. The van der Waals surface area contributed by atoms with Crippen molar-refractivity contribution in [3.63, 3.8) is 0 Å². The molecule has 2 aromatic carbocycles. The standard InChI is InChI=1S/C26H30N2O6/c29-13-12-23(25(31)32)28-24(30)16-6-5-7-17(14-16)27-26(33)34-15-22-20-10-3-1-8-18(20)19-9-2-4-11-21(19)22/h1-4,8-11,16-17,22-23,29H,5-7,12-15H2,(H,27,33)(H,28,30)(H,31,32)/t16-,17+,23-/m1/s1. The zero-order valence-corrected chi connectivity index (χ0v) is 18.9. The maximum absolute atomic E-state index is 12.6. The van der Waals surface area contributed by atoms with Crippen molar-refractivity contribution >= 4 is 18.0 Å². The van der Waals surface area contributed by atoms with E-state index in [2.05, 4.69) is 34.9 Å². The molecule has 8 heteroatoms. The predicted octanol–water partition coefficient (Wildman–Crippen LogP) is 3.04. The van der Waals surface area contributed by atoms with Crippen molar-refractivity contribution in [3.05, 3.63) is 59.7 Å². The molecule has 0 unspecified atom stereocenters. The number of carboxylic acid groups (broad SMARTS) is 1. The minimum Gasteiger partial charge on any atom is -0.480 e. The lowest BCUT2D eigenvalue weighted by Gasteiger charge is -2.29. The van der Waals surface area contributed by atoms with Crippen LogP contribution in [0.5, 0.6) is 0 Å². The van der Waals surface area contributed by atoms with Gasteiger partial charge in [0.15, 0.2) is 0 Å². The Kier molecular flexibility index (Phi) is 7.47. The van der Waals surface area contributed by atoms with Gasteiger partial charge in [0.05, 0.1) is 0 Å². The predicted molar refractivity (Wildman–Crippen MR) is 125 cm³/mol. The molecule has 0 radical (unpaired) electrons. The number of ether oxygens (including phenoxy) is 1. The normalized spacial score (nSPS) is 20.0. The number of aliphatic hydroxyl groups excluding tert-OH is 1. The van der Waals surface area contributed by atoms with Crippen LogP contribution < -0.4 is 10.6 Å². The summed E-state index contributed by atoms with van der Waals surface area (Å²) in [6.07, 6.45) is 1.95. The largest absolute Gasteiger partial charge is 0.480 e. The van der Waals surface area contributed by atoms with E-state index in [0.717, 1.165) is 35.1 Å². The SMILES string of the molecule is O=C(N[C@H]1CCC[C@@H](C(=O)N[C@H](CCO)C(=O)O)C1)OCC1c2ccccc2-c2ccccc21. The Morgan fingerprint density at radius 1 is 1.00 bits per heavy atom. The fourth-order valence-electron chi connectivity index (χ4n) is 5.04. The number of hydrogen-bond acceptors (Lipinski definition) is 5. The highest BCUT2D eigenvalue weighted by molar-refractivity contribution is 5.85. The topological polar surface area (TPSA) is 125 Å². The second kappa shape index (κ2) is 10.7. The molecule has 2 amide bonds. The van der Waals surface area contributed by atoms with Crippen molar-refractivity contribution in [1.82, 2.24) is 10.6 Å². The average molecular weight is 467 g/mol. The van der Waals surface area contributed by atoms with Crippen LogP contribution in [0.25, 0.3) is 11.1 Å². The van der Waals surface area contributed by atoms with Gasteiger partial charge in [-0.15, -0.1) is 0 Å². The number of benzene rings is 2. The number of carboxylic acids is 1. The lowest BCUT2D eigenvalue weighted by molar-refractivity contribution is -0.143. The maximum Gasteiger partial charge on any atom is 0.407 e. The first-order valence-electron chi connectivity index (χ1n) is 11.7. The minimum absolute atomic E-state index is 0.0255. The van der Waals surface area contributed by atoms with Crippen molar-refractivity contribution in [2.24, 2.45) is 5.92 Å². The van der Waals surface area contributed by atoms with Crippen LogP contribution in [-0.2, 0) is 14.3 Å². The molecule has 2 aromatic rings. The summed E-state index contributed by atoms with van der Waals surface area (Å²) in [4.78, 5) is 36.4. The van der Waals surface area contributed by atoms with E-state index in [1.54, 1.807) is 0 Å². The minimum atomic E-state index is -1.17. The van der Waals surface area contributed by atoms with Gasteiger partial charge < -0.3 is 25.6 Å². The fourth-order valence-corrected chi connectivity index (χ4v) is 5.04. The molecule has 0 aliphatic heterocycles. The third-order valence-electron chi connectivity index (χ3n) is 6.74. The monoisotopic (exact) mass is 466 g/mol. The quantitative estimate of drug-likeness (QED) is 0.474. The second-order valence-corrected chi connectivity index (χ2v) is 8.94. The summed E-state index contributed by atoms with van der Waals surface area (Å²) in [6, 6.07) is 14.9. The lowest BCUT2D eigenvalue weighted by atomic mass is 9.85. The van der Waals surface area contributed by atoms with Gasteiger partial charge in [0.2, 0.25) is 5.91 Å². The van der Waals surface area contributed by atoms with Crippen molar-refractivity contribution < 1.29 is 29.3 Å². The molecule has 0 bridgehead atoms. The van der Waals surface area contributed by atoms with Gasteiger partial charge >= 0.3 is 12.1 Å². The van der Waals surface area contributed by atoms with Gasteiger partial charge in [-0.3, -0.25) is 4.79 Å². The van der Waals surface area contributed by atoms with Gasteiger partial charge in [-0.2, -0.15) is 0 Å². The summed E-state index contributed by atoms with van der Waals surface area (Å²) in [6.45, 7) is -0.105. The second-order valence-electron chi connectivity index (χ2n) is 8.94. The van der Waals surface area contributed by atoms with E-state index < -0.39 is 24.0 Å². The molecule has 0 heterocycles. The highest BCUT2D eigenvalue weighted by atomic mass is 16.5. The lowest BCUT2D eigenvalue weighted by Crippen LogP contribution is -2.47. The summed E-state index contributed by atoms with van der Waals surface area (Å²) >= 11 is 0. The molecule has 2 aliphatic rings. The molecule has 3 atom stereocenters. The van der Waals surface area contributed by atoms with Crippen LogP contribution in [-0.4, -0.2) is 53.5 Å². The summed E-state index contributed by atoms with van der Waals surface area (Å²) in [5.74, 6) is -1.96. The first-order valence-corrected chi connectivity index (χ1v) is 11.7. The number of carbonyl (C=O) groups excluding carboxylic acids is 2. The molecular weight excluding hydrogens is 436 g/mol. The smallest absolute Gasteiger partial charge is 0.407 e. The molecule has 8 nitrogen and oxygen atoms in total. The summed E-state index contributed by atoms with van der Waals surface area (Å²) in [5.41, 5.74) is 4.60. The average Bonchev–Trinajstić information content (AvgIpc) is 3.16. The van der Waals surface area contributed by atoms with E-state index in [4.69, 9.17) is 9.84 Å². The molecular formula is C26H30N2O6. The molecule has 34 heavy (non-hydrogen) atoms. The van der Waals surface area contributed by atoms with Gasteiger partial charge in [0.25, 0.3) is 0 Å². The van der Waals surface area contributed by atoms with Crippen LogP contribution in [0.3, 0.4) is 0 Å². The van der Waals surface area contributed by atoms with E-state index >= 15 is 0 Å². The van der Waals surface area contributed by atoms with Crippen LogP contribution in [0.1, 0.15) is 49.1 Å². The molecule has 180 valence electrons. The molecule has 0 aromatic heterocycles. The van der Waals surface area contributed by atoms with Gasteiger partial charge in [0, 0.05) is 30.9 Å².